The van der Waals surface area contributed by atoms with Gasteiger partial charge in [0.1, 0.15) is 0 Å². The zero-order valence-electron chi connectivity index (χ0n) is 8.57. The van der Waals surface area contributed by atoms with Gasteiger partial charge in [-0.05, 0) is 30.9 Å². The molecule has 1 fully saturated rings. The summed E-state index contributed by atoms with van der Waals surface area (Å²) in [6.07, 6.45) is -1.59. The number of nitrogens with zero attached hydrogens (tertiary/aromatic N) is 3. The molecule has 7 heteroatoms. The molecule has 0 aromatic carbocycles. The molecule has 1 aromatic heterocycles. The molecule has 0 spiro atoms. The number of aromatic nitrogens is 2. The zero-order chi connectivity index (χ0) is 11.6. The fourth-order valence-electron chi connectivity index (χ4n) is 1.94. The fraction of sp³-hybridized carbons (Fsp3) is 0.778. The van der Waals surface area contributed by atoms with Crippen LogP contribution < -0.4 is 0 Å². The van der Waals surface area contributed by atoms with E-state index in [0.717, 1.165) is 11.4 Å². The summed E-state index contributed by atoms with van der Waals surface area (Å²) in [6.45, 7) is 1.36. The molecule has 1 aliphatic heterocycles. The van der Waals surface area contributed by atoms with Gasteiger partial charge in [-0.25, -0.2) is 0 Å². The van der Waals surface area contributed by atoms with Gasteiger partial charge >= 0.3 is 6.18 Å². The monoisotopic (exact) mass is 251 g/mol. The Hall–Kier alpha value is -0.690. The fourth-order valence-corrected chi connectivity index (χ4v) is 2.48. The minimum Gasteiger partial charge on any atom is -0.298 e. The van der Waals surface area contributed by atoms with E-state index >= 15 is 0 Å². The van der Waals surface area contributed by atoms with Gasteiger partial charge in [0.25, 0.3) is 0 Å². The number of alkyl halides is 3. The minimum absolute atomic E-state index is 0.0986. The first-order chi connectivity index (χ1) is 7.55. The van der Waals surface area contributed by atoms with Crippen LogP contribution in [-0.4, -0.2) is 33.8 Å². The molecule has 2 heterocycles. The molecule has 0 saturated carbocycles. The lowest BCUT2D eigenvalue weighted by Gasteiger charge is -2.33. The first-order valence-corrected chi connectivity index (χ1v) is 5.88. The molecule has 2 rings (SSSR count). The Morgan fingerprint density at radius 1 is 1.50 bits per heavy atom. The van der Waals surface area contributed by atoms with E-state index in [1.165, 1.54) is 11.5 Å². The summed E-state index contributed by atoms with van der Waals surface area (Å²) < 4.78 is 41.3. The summed E-state index contributed by atoms with van der Waals surface area (Å²) >= 11 is 1.24. The lowest BCUT2D eigenvalue weighted by molar-refractivity contribution is -0.187. The summed E-state index contributed by atoms with van der Waals surface area (Å²) in [7, 11) is 0. The maximum atomic E-state index is 12.5. The Kier molecular flexibility index (Phi) is 3.44. The molecule has 0 bridgehead atoms. The number of rotatable bonds is 2. The second-order valence-corrected chi connectivity index (χ2v) is 4.87. The molecule has 0 aliphatic carbocycles. The molecular weight excluding hydrogens is 239 g/mol. The van der Waals surface area contributed by atoms with Crippen molar-refractivity contribution < 1.29 is 13.2 Å². The Bertz CT molecular complexity index is 325. The average molecular weight is 251 g/mol. The molecular formula is C9H12F3N3S. The number of hydrogen-bond acceptors (Lipinski definition) is 4. The van der Waals surface area contributed by atoms with Gasteiger partial charge in [0, 0.05) is 13.1 Å². The number of halogens is 3. The van der Waals surface area contributed by atoms with E-state index < -0.39 is 12.1 Å². The molecule has 16 heavy (non-hydrogen) atoms. The van der Waals surface area contributed by atoms with Gasteiger partial charge in [-0.15, -0.1) is 5.10 Å². The lowest BCUT2D eigenvalue weighted by Crippen LogP contribution is -2.41. The highest BCUT2D eigenvalue weighted by Crippen LogP contribution is 2.33. The summed E-state index contributed by atoms with van der Waals surface area (Å²) in [6, 6.07) is 0. The van der Waals surface area contributed by atoms with Crippen LogP contribution in [-0.2, 0) is 6.54 Å². The molecule has 1 unspecified atom stereocenters. The molecule has 1 aromatic rings. The predicted molar refractivity (Wildman–Crippen MR) is 54.0 cm³/mol. The molecule has 1 aliphatic rings. The van der Waals surface area contributed by atoms with Gasteiger partial charge in [0.2, 0.25) is 0 Å². The van der Waals surface area contributed by atoms with Gasteiger partial charge in [-0.1, -0.05) is 4.49 Å². The highest BCUT2D eigenvalue weighted by atomic mass is 32.1. The molecule has 1 atom stereocenters. The maximum Gasteiger partial charge on any atom is 0.393 e. The van der Waals surface area contributed by atoms with E-state index in [9.17, 15) is 13.2 Å². The SMILES string of the molecule is FC(F)(F)C1CCCN(Cc2cnns2)C1. The van der Waals surface area contributed by atoms with E-state index in [4.69, 9.17) is 0 Å². The summed E-state index contributed by atoms with van der Waals surface area (Å²) in [5.41, 5.74) is 0. The summed E-state index contributed by atoms with van der Waals surface area (Å²) in [5, 5.41) is 3.68. The van der Waals surface area contributed by atoms with Crippen LogP contribution in [0.15, 0.2) is 6.20 Å². The second kappa shape index (κ2) is 4.67. The van der Waals surface area contributed by atoms with Crippen molar-refractivity contribution in [3.63, 3.8) is 0 Å². The van der Waals surface area contributed by atoms with Gasteiger partial charge in [0.15, 0.2) is 0 Å². The Labute approximate surface area is 95.4 Å². The van der Waals surface area contributed by atoms with E-state index in [2.05, 4.69) is 9.59 Å². The maximum absolute atomic E-state index is 12.5. The number of likely N-dealkylation sites (tertiary alicyclic amines) is 1. The molecule has 0 N–H and O–H groups in total. The highest BCUT2D eigenvalue weighted by molar-refractivity contribution is 7.05. The van der Waals surface area contributed by atoms with E-state index in [0.29, 0.717) is 13.0 Å². The molecule has 3 nitrogen and oxygen atoms in total. The van der Waals surface area contributed by atoms with Crippen molar-refractivity contribution in [2.75, 3.05) is 13.1 Å². The Morgan fingerprint density at radius 2 is 2.31 bits per heavy atom. The van der Waals surface area contributed by atoms with Crippen molar-refractivity contribution in [3.8, 4) is 0 Å². The third-order valence-electron chi connectivity index (χ3n) is 2.75. The van der Waals surface area contributed by atoms with Crippen molar-refractivity contribution in [1.82, 2.24) is 14.5 Å². The summed E-state index contributed by atoms with van der Waals surface area (Å²) in [5.74, 6) is -1.18. The average Bonchev–Trinajstić information content (AvgIpc) is 2.70. The quantitative estimate of drug-likeness (QED) is 0.807. The number of piperidine rings is 1. The highest BCUT2D eigenvalue weighted by Gasteiger charge is 2.41. The van der Waals surface area contributed by atoms with E-state index in [1.54, 1.807) is 6.20 Å². The van der Waals surface area contributed by atoms with Crippen LogP contribution in [0, 0.1) is 5.92 Å². The largest absolute Gasteiger partial charge is 0.393 e. The third-order valence-corrected chi connectivity index (χ3v) is 3.40. The van der Waals surface area contributed by atoms with Crippen LogP contribution in [0.25, 0.3) is 0 Å². The van der Waals surface area contributed by atoms with Crippen LogP contribution in [0.5, 0.6) is 0 Å². The standard InChI is InChI=1S/C9H12F3N3S/c10-9(11,12)7-2-1-3-15(5-7)6-8-4-13-14-16-8/h4,7H,1-3,5-6H2. The Balaban J connectivity index is 1.92. The normalized spacial score (nSPS) is 23.6. The number of hydrogen-bond donors (Lipinski definition) is 0. The van der Waals surface area contributed by atoms with Crippen LogP contribution in [0.4, 0.5) is 13.2 Å². The molecule has 0 radical (unpaired) electrons. The van der Waals surface area contributed by atoms with E-state index in [-0.39, 0.29) is 13.0 Å². The molecule has 1 saturated heterocycles. The van der Waals surface area contributed by atoms with Crippen molar-refractivity contribution in [2.45, 2.75) is 25.6 Å². The third kappa shape index (κ3) is 2.91. The Morgan fingerprint density at radius 3 is 2.94 bits per heavy atom. The predicted octanol–water partition coefficient (Wildman–Crippen LogP) is 2.31. The summed E-state index contributed by atoms with van der Waals surface area (Å²) in [4.78, 5) is 2.75. The van der Waals surface area contributed by atoms with Crippen LogP contribution >= 0.6 is 11.5 Å². The topological polar surface area (TPSA) is 29.0 Å². The first kappa shape index (κ1) is 11.8. The zero-order valence-corrected chi connectivity index (χ0v) is 9.39. The lowest BCUT2D eigenvalue weighted by atomic mass is 9.97. The molecule has 0 amide bonds. The van der Waals surface area contributed by atoms with Crippen LogP contribution in [0.1, 0.15) is 17.7 Å². The smallest absolute Gasteiger partial charge is 0.298 e. The van der Waals surface area contributed by atoms with Crippen molar-refractivity contribution in [2.24, 2.45) is 5.92 Å². The van der Waals surface area contributed by atoms with Gasteiger partial charge in [-0.3, -0.25) is 4.90 Å². The van der Waals surface area contributed by atoms with Crippen molar-refractivity contribution in [3.05, 3.63) is 11.1 Å². The van der Waals surface area contributed by atoms with Gasteiger partial charge in [-0.2, -0.15) is 13.2 Å². The van der Waals surface area contributed by atoms with Gasteiger partial charge < -0.3 is 0 Å². The molecule has 90 valence electrons. The van der Waals surface area contributed by atoms with Gasteiger partial charge in [0.05, 0.1) is 17.0 Å². The van der Waals surface area contributed by atoms with Crippen LogP contribution in [0.3, 0.4) is 0 Å². The van der Waals surface area contributed by atoms with E-state index in [1.807, 2.05) is 4.90 Å². The second-order valence-electron chi connectivity index (χ2n) is 4.00. The minimum atomic E-state index is -4.06. The first-order valence-electron chi connectivity index (χ1n) is 5.11. The van der Waals surface area contributed by atoms with Crippen LogP contribution in [0.2, 0.25) is 0 Å². The van der Waals surface area contributed by atoms with Crippen molar-refractivity contribution in [1.29, 1.82) is 0 Å². The van der Waals surface area contributed by atoms with Crippen molar-refractivity contribution >= 4 is 11.5 Å².